The molecule has 0 radical (unpaired) electrons. The molecule has 0 amide bonds. The first-order valence-electron chi connectivity index (χ1n) is 12.6. The van der Waals surface area contributed by atoms with Gasteiger partial charge in [-0.2, -0.15) is 0 Å². The molecular formula is C30H33AlN4O4. The maximum Gasteiger partial charge on any atom is 0.303 e. The first-order valence-corrected chi connectivity index (χ1v) is 12.6. The maximum atomic E-state index is 11.4. The molecule has 0 fully saturated rings. The number of carbonyl (C=O) groups is 2. The molecule has 0 aliphatic carbocycles. The largest absolute Gasteiger partial charge is 0.481 e. The Morgan fingerprint density at radius 2 is 1.46 bits per heavy atom. The molecule has 8 bridgehead atoms. The number of aromatic nitrogens is 4. The fourth-order valence-electron chi connectivity index (χ4n) is 5.11. The Morgan fingerprint density at radius 3 is 2.18 bits per heavy atom. The molecule has 5 rings (SSSR count). The van der Waals surface area contributed by atoms with Crippen molar-refractivity contribution in [3.8, 4) is 0 Å². The molecular weight excluding hydrogens is 507 g/mol. The summed E-state index contributed by atoms with van der Waals surface area (Å²) in [4.78, 5) is 39.5. The van der Waals surface area contributed by atoms with Crippen molar-refractivity contribution in [1.82, 2.24) is 19.9 Å². The molecule has 200 valence electrons. The normalized spacial score (nSPS) is 12.8. The zero-order valence-corrected chi connectivity index (χ0v) is 21.9. The van der Waals surface area contributed by atoms with Crippen LogP contribution in [0, 0.1) is 13.8 Å². The minimum atomic E-state index is -0.868. The molecule has 39 heavy (non-hydrogen) atoms. The minimum absolute atomic E-state index is 0. The van der Waals surface area contributed by atoms with E-state index in [4.69, 9.17) is 9.97 Å². The highest BCUT2D eigenvalue weighted by molar-refractivity contribution is 5.94. The predicted molar refractivity (Wildman–Crippen MR) is 159 cm³/mol. The van der Waals surface area contributed by atoms with Crippen molar-refractivity contribution in [2.45, 2.75) is 53.4 Å². The molecule has 0 atom stereocenters. The van der Waals surface area contributed by atoms with Crippen molar-refractivity contribution in [3.05, 3.63) is 69.8 Å². The summed E-state index contributed by atoms with van der Waals surface area (Å²) in [7, 11) is 0. The third-order valence-corrected chi connectivity index (χ3v) is 7.26. The van der Waals surface area contributed by atoms with Gasteiger partial charge in [0.15, 0.2) is 17.4 Å². The fraction of sp³-hybridized carbons (Fsp3) is 0.267. The number of aromatic amines is 2. The standard InChI is InChI=1S/C30H30N4O4.Al.3H/c1-15-9-20-12-25-17(3)21(5-7-29(35)36)27(33-25)14-28-22(6-8-30(37)38)18(4)26(34-28)13-24-16(2)10-19(32-24)11-23(15)31-20;;;;/h9-14,31,34H,5-8H2,1-4H3,(H,35,36)(H,37,38);;;;. The lowest BCUT2D eigenvalue weighted by Gasteiger charge is -2.03. The van der Waals surface area contributed by atoms with Crippen LogP contribution in [0.25, 0.3) is 44.9 Å². The first-order chi connectivity index (χ1) is 18.1. The molecule has 4 N–H and O–H groups in total. The van der Waals surface area contributed by atoms with Gasteiger partial charge in [0, 0.05) is 34.9 Å². The predicted octanol–water partition coefficient (Wildman–Crippen LogP) is 5.12. The highest BCUT2D eigenvalue weighted by atomic mass is 27.0. The molecule has 9 heteroatoms. The molecule has 2 aliphatic rings. The summed E-state index contributed by atoms with van der Waals surface area (Å²) in [5.41, 5.74) is 12.4. The second-order valence-corrected chi connectivity index (χ2v) is 9.98. The van der Waals surface area contributed by atoms with Crippen LogP contribution in [0.4, 0.5) is 0 Å². The van der Waals surface area contributed by atoms with Crippen LogP contribution in [0.5, 0.6) is 0 Å². The number of nitrogens with one attached hydrogen (secondary N) is 2. The Bertz CT molecular complexity index is 1730. The van der Waals surface area contributed by atoms with Crippen LogP contribution >= 0.6 is 0 Å². The Kier molecular flexibility index (Phi) is 7.96. The van der Waals surface area contributed by atoms with Crippen LogP contribution in [0.2, 0.25) is 0 Å². The molecule has 0 saturated heterocycles. The molecule has 0 unspecified atom stereocenters. The van der Waals surface area contributed by atoms with Gasteiger partial charge >= 0.3 is 11.9 Å². The highest BCUT2D eigenvalue weighted by Crippen LogP contribution is 2.34. The summed E-state index contributed by atoms with van der Waals surface area (Å²) in [6.07, 6.45) is 2.74. The number of hydrogen-bond acceptors (Lipinski definition) is 4. The van der Waals surface area contributed by atoms with Crippen molar-refractivity contribution in [1.29, 1.82) is 0 Å². The summed E-state index contributed by atoms with van der Waals surface area (Å²) >= 11 is 0. The molecule has 2 aliphatic heterocycles. The molecule has 0 saturated carbocycles. The van der Waals surface area contributed by atoms with Gasteiger partial charge in [0.05, 0.1) is 22.8 Å². The summed E-state index contributed by atoms with van der Waals surface area (Å²) in [6, 6.07) is 9.98. The lowest BCUT2D eigenvalue weighted by atomic mass is 10.0. The van der Waals surface area contributed by atoms with Crippen LogP contribution in [0.15, 0.2) is 30.3 Å². The zero-order valence-electron chi connectivity index (χ0n) is 21.9. The molecule has 8 nitrogen and oxygen atoms in total. The zero-order chi connectivity index (χ0) is 27.1. The average Bonchev–Trinajstić information content (AvgIpc) is 3.53. The van der Waals surface area contributed by atoms with E-state index < -0.39 is 11.9 Å². The Hall–Kier alpha value is -3.93. The van der Waals surface area contributed by atoms with E-state index in [1.54, 1.807) is 0 Å². The highest BCUT2D eigenvalue weighted by Gasteiger charge is 2.19. The monoisotopic (exact) mass is 540 g/mol. The third kappa shape index (κ3) is 5.75. The third-order valence-electron chi connectivity index (χ3n) is 7.26. The Morgan fingerprint density at radius 1 is 0.769 bits per heavy atom. The van der Waals surface area contributed by atoms with E-state index in [0.717, 1.165) is 72.6 Å². The van der Waals surface area contributed by atoms with Crippen molar-refractivity contribution >= 4 is 74.2 Å². The summed E-state index contributed by atoms with van der Waals surface area (Å²) in [5, 5.41) is 18.7. The van der Waals surface area contributed by atoms with Crippen LogP contribution in [0.1, 0.15) is 72.6 Å². The van der Waals surface area contributed by atoms with E-state index in [0.29, 0.717) is 18.5 Å². The van der Waals surface area contributed by atoms with Gasteiger partial charge in [0.25, 0.3) is 0 Å². The number of fused-ring (bicyclic) bond motifs is 8. The number of H-pyrrole nitrogens is 2. The van der Waals surface area contributed by atoms with E-state index in [9.17, 15) is 19.8 Å². The minimum Gasteiger partial charge on any atom is -0.481 e. The van der Waals surface area contributed by atoms with Gasteiger partial charge in [-0.25, -0.2) is 9.97 Å². The second-order valence-electron chi connectivity index (χ2n) is 9.98. The number of aryl methyl sites for hydroxylation is 3. The van der Waals surface area contributed by atoms with Crippen LogP contribution in [-0.2, 0) is 16.0 Å². The van der Waals surface area contributed by atoms with Crippen LogP contribution in [0.3, 0.4) is 0 Å². The lowest BCUT2D eigenvalue weighted by molar-refractivity contribution is -0.137. The van der Waals surface area contributed by atoms with Gasteiger partial charge in [-0.15, -0.1) is 0 Å². The molecule has 3 aromatic heterocycles. The van der Waals surface area contributed by atoms with Gasteiger partial charge in [0.1, 0.15) is 0 Å². The van der Waals surface area contributed by atoms with Gasteiger partial charge in [-0.05, 0) is 110 Å². The second kappa shape index (κ2) is 11.1. The molecule has 3 aromatic rings. The summed E-state index contributed by atoms with van der Waals surface area (Å²) in [6.45, 7) is 8.01. The number of hydrogen-bond donors (Lipinski definition) is 4. The first kappa shape index (κ1) is 28.1. The van der Waals surface area contributed by atoms with Crippen LogP contribution in [-0.4, -0.2) is 59.4 Å². The molecule has 0 aromatic carbocycles. The number of rotatable bonds is 6. The van der Waals surface area contributed by atoms with E-state index in [1.807, 2.05) is 58.0 Å². The number of carboxylic acids is 2. The van der Waals surface area contributed by atoms with Crippen molar-refractivity contribution in [3.63, 3.8) is 0 Å². The SMILES string of the molecule is CC1=Cc2cc3[nH]c(cc4nc(cc5[nH]c(cc1n2)c(C)c5CCC(=O)O)C(CCC(=O)O)=C4C)cc3C.[AlH3]. The number of aliphatic carboxylic acids is 2. The fourth-order valence-corrected chi connectivity index (χ4v) is 5.11. The van der Waals surface area contributed by atoms with Crippen molar-refractivity contribution < 1.29 is 19.8 Å². The van der Waals surface area contributed by atoms with Crippen LogP contribution < -0.4 is 0 Å². The number of allylic oxidation sites excluding steroid dienone is 3. The molecule has 0 spiro atoms. The van der Waals surface area contributed by atoms with Gasteiger partial charge < -0.3 is 20.2 Å². The van der Waals surface area contributed by atoms with Gasteiger partial charge in [0.2, 0.25) is 0 Å². The van der Waals surface area contributed by atoms with E-state index >= 15 is 0 Å². The number of carboxylic acid groups (broad SMARTS) is 2. The number of nitrogens with zero attached hydrogens (tertiary/aromatic N) is 2. The summed E-state index contributed by atoms with van der Waals surface area (Å²) < 4.78 is 0. The van der Waals surface area contributed by atoms with Crippen molar-refractivity contribution in [2.24, 2.45) is 0 Å². The van der Waals surface area contributed by atoms with Gasteiger partial charge in [-0.3, -0.25) is 9.59 Å². The quantitative estimate of drug-likeness (QED) is 0.321. The molecule has 5 heterocycles. The van der Waals surface area contributed by atoms with E-state index in [-0.39, 0.29) is 30.2 Å². The average molecular weight is 541 g/mol. The van der Waals surface area contributed by atoms with Gasteiger partial charge in [-0.1, -0.05) is 0 Å². The maximum absolute atomic E-state index is 11.4. The van der Waals surface area contributed by atoms with Crippen molar-refractivity contribution in [2.75, 3.05) is 0 Å². The van der Waals surface area contributed by atoms with E-state index in [2.05, 4.69) is 16.0 Å². The smallest absolute Gasteiger partial charge is 0.303 e. The lowest BCUT2D eigenvalue weighted by Crippen LogP contribution is -1.98. The Balaban J connectivity index is 0.00000353. The summed E-state index contributed by atoms with van der Waals surface area (Å²) in [5.74, 6) is -1.73. The van der Waals surface area contributed by atoms with E-state index in [1.165, 1.54) is 0 Å². The Labute approximate surface area is 236 Å². The topological polar surface area (TPSA) is 132 Å².